The van der Waals surface area contributed by atoms with Crippen molar-refractivity contribution in [1.29, 1.82) is 0 Å². The van der Waals surface area contributed by atoms with E-state index in [-0.39, 0.29) is 22.0 Å². The predicted molar refractivity (Wildman–Crippen MR) is 121 cm³/mol. The van der Waals surface area contributed by atoms with Gasteiger partial charge in [-0.2, -0.15) is 0 Å². The number of amides is 3. The number of imide groups is 1. The molecule has 0 saturated carbocycles. The highest BCUT2D eigenvalue weighted by Gasteiger charge is 2.38. The van der Waals surface area contributed by atoms with E-state index < -0.39 is 23.5 Å². The van der Waals surface area contributed by atoms with Gasteiger partial charge in [0.05, 0.1) is 11.4 Å². The molecule has 0 fully saturated rings. The Morgan fingerprint density at radius 2 is 1.50 bits per heavy atom. The van der Waals surface area contributed by atoms with Gasteiger partial charge in [-0.1, -0.05) is 35.3 Å². The summed E-state index contributed by atoms with van der Waals surface area (Å²) < 4.78 is 13.7. The first kappa shape index (κ1) is 21.5. The summed E-state index contributed by atoms with van der Waals surface area (Å²) in [5.41, 5.74) is 1.01. The van der Waals surface area contributed by atoms with Gasteiger partial charge >= 0.3 is 0 Å². The molecular weight excluding hydrogens is 456 g/mol. The quantitative estimate of drug-likeness (QED) is 0.505. The van der Waals surface area contributed by atoms with Gasteiger partial charge in [0, 0.05) is 16.3 Å². The SMILES string of the molecule is O=C(Nc1ccccc1F)c1ccc(NC2=C(Cl)C(=O)N(c3ccc(Cl)cc3)C2=O)cc1. The Morgan fingerprint density at radius 1 is 0.844 bits per heavy atom. The van der Waals surface area contributed by atoms with Crippen molar-refractivity contribution in [3.8, 4) is 0 Å². The fourth-order valence-electron chi connectivity index (χ4n) is 3.04. The molecule has 1 aliphatic heterocycles. The first-order chi connectivity index (χ1) is 15.3. The number of nitrogens with one attached hydrogen (secondary N) is 2. The molecule has 4 rings (SSSR count). The fourth-order valence-corrected chi connectivity index (χ4v) is 3.38. The van der Waals surface area contributed by atoms with Crippen LogP contribution in [0.1, 0.15) is 10.4 Å². The van der Waals surface area contributed by atoms with Crippen molar-refractivity contribution < 1.29 is 18.8 Å². The number of benzene rings is 3. The van der Waals surface area contributed by atoms with E-state index in [1.54, 1.807) is 18.2 Å². The lowest BCUT2D eigenvalue weighted by Gasteiger charge is -2.15. The maximum atomic E-state index is 13.7. The summed E-state index contributed by atoms with van der Waals surface area (Å²) in [5.74, 6) is -2.33. The topological polar surface area (TPSA) is 78.5 Å². The number of halogens is 3. The van der Waals surface area contributed by atoms with Crippen LogP contribution < -0.4 is 15.5 Å². The van der Waals surface area contributed by atoms with Crippen molar-refractivity contribution in [1.82, 2.24) is 0 Å². The first-order valence-electron chi connectivity index (χ1n) is 9.32. The number of rotatable bonds is 5. The molecule has 0 bridgehead atoms. The lowest BCUT2D eigenvalue weighted by Crippen LogP contribution is -2.32. The standard InChI is InChI=1S/C23H14Cl2FN3O3/c24-14-7-11-16(12-8-14)29-22(31)19(25)20(23(29)32)27-15-9-5-13(6-10-15)21(30)28-18-4-2-1-3-17(18)26/h1-12,27H,(H,28,30). The van der Waals surface area contributed by atoms with Gasteiger partial charge < -0.3 is 10.6 Å². The summed E-state index contributed by atoms with van der Waals surface area (Å²) >= 11 is 12.0. The molecule has 0 unspecified atom stereocenters. The Morgan fingerprint density at radius 3 is 2.16 bits per heavy atom. The maximum Gasteiger partial charge on any atom is 0.283 e. The summed E-state index contributed by atoms with van der Waals surface area (Å²) in [4.78, 5) is 38.6. The number of para-hydroxylation sites is 1. The van der Waals surface area contributed by atoms with Crippen LogP contribution in [0.5, 0.6) is 0 Å². The van der Waals surface area contributed by atoms with Crippen LogP contribution in [0.3, 0.4) is 0 Å². The second-order valence-corrected chi connectivity index (χ2v) is 7.56. The van der Waals surface area contributed by atoms with Crippen LogP contribution in [-0.2, 0) is 9.59 Å². The molecule has 0 spiro atoms. The molecule has 1 aliphatic rings. The highest BCUT2D eigenvalue weighted by molar-refractivity contribution is 6.53. The third kappa shape index (κ3) is 4.21. The molecule has 0 aromatic heterocycles. The Bertz CT molecular complexity index is 1260. The second-order valence-electron chi connectivity index (χ2n) is 6.75. The molecule has 3 aromatic rings. The molecule has 0 saturated heterocycles. The van der Waals surface area contributed by atoms with E-state index in [0.717, 1.165) is 4.90 Å². The van der Waals surface area contributed by atoms with Crippen LogP contribution in [0, 0.1) is 5.82 Å². The van der Waals surface area contributed by atoms with Crippen LogP contribution in [0.15, 0.2) is 83.5 Å². The summed E-state index contributed by atoms with van der Waals surface area (Å²) in [6, 6.07) is 18.1. The first-order valence-corrected chi connectivity index (χ1v) is 10.1. The number of hydrogen-bond donors (Lipinski definition) is 2. The summed E-state index contributed by atoms with van der Waals surface area (Å²) in [7, 11) is 0. The molecule has 9 heteroatoms. The zero-order chi connectivity index (χ0) is 22.8. The van der Waals surface area contributed by atoms with Crippen LogP contribution >= 0.6 is 23.2 Å². The Balaban J connectivity index is 1.49. The minimum atomic E-state index is -0.664. The van der Waals surface area contributed by atoms with Crippen molar-refractivity contribution in [2.45, 2.75) is 0 Å². The zero-order valence-corrected chi connectivity index (χ0v) is 17.7. The normalized spacial score (nSPS) is 13.5. The predicted octanol–water partition coefficient (Wildman–Crippen LogP) is 5.17. The van der Waals surface area contributed by atoms with E-state index >= 15 is 0 Å². The van der Waals surface area contributed by atoms with Gasteiger partial charge in [0.2, 0.25) is 0 Å². The van der Waals surface area contributed by atoms with Gasteiger partial charge in [-0.05, 0) is 60.7 Å². The molecule has 3 aromatic carbocycles. The third-order valence-corrected chi connectivity index (χ3v) is 5.25. The van der Waals surface area contributed by atoms with E-state index in [0.29, 0.717) is 16.4 Å². The summed E-state index contributed by atoms with van der Waals surface area (Å²) in [5, 5.41) is 5.52. The van der Waals surface area contributed by atoms with Crippen LogP contribution in [0.25, 0.3) is 0 Å². The van der Waals surface area contributed by atoms with Gasteiger partial charge in [0.25, 0.3) is 17.7 Å². The monoisotopic (exact) mass is 469 g/mol. The Labute approximate surface area is 192 Å². The maximum absolute atomic E-state index is 13.7. The fraction of sp³-hybridized carbons (Fsp3) is 0. The van der Waals surface area contributed by atoms with E-state index in [9.17, 15) is 18.8 Å². The van der Waals surface area contributed by atoms with Crippen molar-refractivity contribution in [3.05, 3.63) is 99.9 Å². The van der Waals surface area contributed by atoms with E-state index in [2.05, 4.69) is 10.6 Å². The van der Waals surface area contributed by atoms with Gasteiger partial charge in [-0.25, -0.2) is 9.29 Å². The highest BCUT2D eigenvalue weighted by Crippen LogP contribution is 2.30. The number of hydrogen-bond acceptors (Lipinski definition) is 4. The smallest absolute Gasteiger partial charge is 0.283 e. The molecule has 1 heterocycles. The molecule has 3 amide bonds. The number of nitrogens with zero attached hydrogens (tertiary/aromatic N) is 1. The number of carbonyl (C=O) groups is 3. The molecule has 0 aliphatic carbocycles. The van der Waals surface area contributed by atoms with Gasteiger partial charge in [-0.15, -0.1) is 0 Å². The van der Waals surface area contributed by atoms with Gasteiger partial charge in [0.15, 0.2) is 0 Å². The van der Waals surface area contributed by atoms with Gasteiger partial charge in [-0.3, -0.25) is 14.4 Å². The highest BCUT2D eigenvalue weighted by atomic mass is 35.5. The molecule has 0 radical (unpaired) electrons. The molecular formula is C23H14Cl2FN3O3. The minimum Gasteiger partial charge on any atom is -0.350 e. The van der Waals surface area contributed by atoms with E-state index in [4.69, 9.17) is 23.2 Å². The molecule has 0 atom stereocenters. The van der Waals surface area contributed by atoms with E-state index in [1.165, 1.54) is 54.6 Å². The lowest BCUT2D eigenvalue weighted by atomic mass is 10.2. The summed E-state index contributed by atoms with van der Waals surface area (Å²) in [6.07, 6.45) is 0. The average molecular weight is 470 g/mol. The molecule has 160 valence electrons. The largest absolute Gasteiger partial charge is 0.350 e. The van der Waals surface area contributed by atoms with Crippen molar-refractivity contribution in [2.75, 3.05) is 15.5 Å². The Kier molecular flexibility index (Phi) is 5.94. The van der Waals surface area contributed by atoms with Crippen molar-refractivity contribution in [2.24, 2.45) is 0 Å². The van der Waals surface area contributed by atoms with Gasteiger partial charge in [0.1, 0.15) is 16.5 Å². The molecule has 32 heavy (non-hydrogen) atoms. The Hall–Kier alpha value is -3.68. The van der Waals surface area contributed by atoms with Crippen molar-refractivity contribution >= 4 is 58.0 Å². The average Bonchev–Trinajstić information content (AvgIpc) is 3.00. The number of carbonyl (C=O) groups excluding carboxylic acids is 3. The number of anilines is 3. The second kappa shape index (κ2) is 8.82. The van der Waals surface area contributed by atoms with Crippen molar-refractivity contribution in [3.63, 3.8) is 0 Å². The van der Waals surface area contributed by atoms with E-state index in [1.807, 2.05) is 0 Å². The van der Waals surface area contributed by atoms with Crippen LogP contribution in [-0.4, -0.2) is 17.7 Å². The summed E-state index contributed by atoms with van der Waals surface area (Å²) in [6.45, 7) is 0. The molecule has 2 N–H and O–H groups in total. The molecule has 6 nitrogen and oxygen atoms in total. The minimum absolute atomic E-state index is 0.0639. The lowest BCUT2D eigenvalue weighted by molar-refractivity contribution is -0.120. The zero-order valence-electron chi connectivity index (χ0n) is 16.2. The van der Waals surface area contributed by atoms with Crippen LogP contribution in [0.4, 0.5) is 21.5 Å². The third-order valence-electron chi connectivity index (χ3n) is 4.65. The van der Waals surface area contributed by atoms with Crippen LogP contribution in [0.2, 0.25) is 5.02 Å².